The van der Waals surface area contributed by atoms with E-state index in [0.29, 0.717) is 28.6 Å². The molecule has 0 N–H and O–H groups in total. The minimum atomic E-state index is -0.331. The van der Waals surface area contributed by atoms with Gasteiger partial charge in [0.15, 0.2) is 0 Å². The molecule has 0 aliphatic rings. The van der Waals surface area contributed by atoms with Crippen molar-refractivity contribution in [1.82, 2.24) is 15.0 Å². The van der Waals surface area contributed by atoms with E-state index in [1.165, 1.54) is 18.3 Å². The molecule has 0 spiro atoms. The highest BCUT2D eigenvalue weighted by atomic mass is 19.1. The topological polar surface area (TPSA) is 47.8 Å². The smallest absolute Gasteiger partial charge is 0.213 e. The van der Waals surface area contributed by atoms with E-state index in [0.717, 1.165) is 6.42 Å². The van der Waals surface area contributed by atoms with Crippen LogP contribution in [-0.4, -0.2) is 20.8 Å². The van der Waals surface area contributed by atoms with Crippen LogP contribution in [0.4, 0.5) is 4.39 Å². The molecule has 106 valence electrons. The summed E-state index contributed by atoms with van der Waals surface area (Å²) in [5, 5.41) is 8.77. The fourth-order valence-corrected chi connectivity index (χ4v) is 2.41. The summed E-state index contributed by atoms with van der Waals surface area (Å²) < 4.78 is 15.4. The van der Waals surface area contributed by atoms with E-state index < -0.39 is 0 Å². The second-order valence-corrected chi connectivity index (χ2v) is 4.81. The number of hydrogen-bond donors (Lipinski definition) is 0. The van der Waals surface area contributed by atoms with Crippen LogP contribution >= 0.6 is 0 Å². The van der Waals surface area contributed by atoms with Crippen molar-refractivity contribution >= 4 is 16.6 Å². The first-order valence-corrected chi connectivity index (χ1v) is 6.82. The predicted molar refractivity (Wildman–Crippen MR) is 77.7 cm³/mol. The maximum Gasteiger partial charge on any atom is 0.213 e. The first kappa shape index (κ1) is 13.4. The quantitative estimate of drug-likeness (QED) is 0.691. The number of nitrogens with zero attached hydrogens (tertiary/aromatic N) is 3. The summed E-state index contributed by atoms with van der Waals surface area (Å²) >= 11 is 0. The number of halogens is 1. The van der Waals surface area contributed by atoms with E-state index in [9.17, 15) is 9.18 Å². The summed E-state index contributed by atoms with van der Waals surface area (Å²) in [5.74, 6) is -0.521. The number of ketones is 1. The molecule has 5 heteroatoms. The lowest BCUT2D eigenvalue weighted by Crippen LogP contribution is -2.12. The third-order valence-electron chi connectivity index (χ3n) is 3.40. The molecule has 0 aliphatic heterocycles. The van der Waals surface area contributed by atoms with Crippen LogP contribution in [0.5, 0.6) is 0 Å². The number of aromatic nitrogens is 3. The first-order chi connectivity index (χ1) is 10.2. The van der Waals surface area contributed by atoms with Crippen molar-refractivity contribution in [1.29, 1.82) is 0 Å². The number of aryl methyl sites for hydroxylation is 1. The van der Waals surface area contributed by atoms with Crippen molar-refractivity contribution in [3.63, 3.8) is 0 Å². The Kier molecular flexibility index (Phi) is 3.48. The summed E-state index contributed by atoms with van der Waals surface area (Å²) in [5.41, 5.74) is 0.889. The lowest BCUT2D eigenvalue weighted by molar-refractivity contribution is 0.103. The average molecular weight is 283 g/mol. The van der Waals surface area contributed by atoms with E-state index in [2.05, 4.69) is 10.3 Å². The van der Waals surface area contributed by atoms with Gasteiger partial charge in [0.05, 0.1) is 6.20 Å². The lowest BCUT2D eigenvalue weighted by Gasteiger charge is -2.07. The Morgan fingerprint density at radius 3 is 2.71 bits per heavy atom. The maximum atomic E-state index is 13.8. The van der Waals surface area contributed by atoms with E-state index in [1.807, 2.05) is 6.92 Å². The summed E-state index contributed by atoms with van der Waals surface area (Å²) in [6.45, 7) is 2.63. The van der Waals surface area contributed by atoms with Crippen LogP contribution in [0.15, 0.2) is 42.6 Å². The summed E-state index contributed by atoms with van der Waals surface area (Å²) in [6.07, 6.45) is 2.31. The largest absolute Gasteiger partial charge is 0.287 e. The van der Waals surface area contributed by atoms with Crippen molar-refractivity contribution < 1.29 is 9.18 Å². The minimum absolute atomic E-state index is 0.190. The Labute approximate surface area is 121 Å². The van der Waals surface area contributed by atoms with E-state index in [-0.39, 0.29) is 11.6 Å². The maximum absolute atomic E-state index is 13.8. The van der Waals surface area contributed by atoms with Crippen LogP contribution in [0.25, 0.3) is 10.8 Å². The molecule has 2 aromatic carbocycles. The van der Waals surface area contributed by atoms with Gasteiger partial charge >= 0.3 is 0 Å². The van der Waals surface area contributed by atoms with Gasteiger partial charge in [-0.3, -0.25) is 4.79 Å². The standard InChI is InChI=1S/C16H14FN3O/c1-2-9-20-15(10-18-19-20)16(21)13-7-8-14(17)12-6-4-3-5-11(12)13/h3-8,10H,2,9H2,1H3. The molecule has 21 heavy (non-hydrogen) atoms. The molecule has 3 rings (SSSR count). The van der Waals surface area contributed by atoms with Crippen molar-refractivity contribution in [2.45, 2.75) is 19.9 Å². The molecule has 0 unspecified atom stereocenters. The Hall–Kier alpha value is -2.56. The third-order valence-corrected chi connectivity index (χ3v) is 3.40. The number of hydrogen-bond acceptors (Lipinski definition) is 3. The predicted octanol–water partition coefficient (Wildman–Crippen LogP) is 3.21. The lowest BCUT2D eigenvalue weighted by atomic mass is 9.99. The van der Waals surface area contributed by atoms with Crippen LogP contribution in [0.1, 0.15) is 29.4 Å². The highest BCUT2D eigenvalue weighted by Crippen LogP contribution is 2.23. The van der Waals surface area contributed by atoms with Crippen molar-refractivity contribution in [3.05, 3.63) is 59.7 Å². The molecule has 0 saturated heterocycles. The Balaban J connectivity index is 2.14. The van der Waals surface area contributed by atoms with Crippen LogP contribution in [0, 0.1) is 5.82 Å². The average Bonchev–Trinajstić information content (AvgIpc) is 2.96. The van der Waals surface area contributed by atoms with Crippen LogP contribution in [0.3, 0.4) is 0 Å². The fraction of sp³-hybridized carbons (Fsp3) is 0.188. The third kappa shape index (κ3) is 2.31. The van der Waals surface area contributed by atoms with Gasteiger partial charge in [-0.15, -0.1) is 5.10 Å². The summed E-state index contributed by atoms with van der Waals surface area (Å²) in [4.78, 5) is 12.7. The summed E-state index contributed by atoms with van der Waals surface area (Å²) in [6, 6.07) is 9.80. The second kappa shape index (κ2) is 5.44. The van der Waals surface area contributed by atoms with E-state index >= 15 is 0 Å². The van der Waals surface area contributed by atoms with E-state index in [4.69, 9.17) is 0 Å². The number of fused-ring (bicyclic) bond motifs is 1. The molecule has 0 fully saturated rings. The molecular formula is C16H14FN3O. The number of carbonyl (C=O) groups excluding carboxylic acids is 1. The fourth-order valence-electron chi connectivity index (χ4n) is 2.41. The van der Waals surface area contributed by atoms with Crippen molar-refractivity contribution in [2.75, 3.05) is 0 Å². The molecule has 3 aromatic rings. The normalized spacial score (nSPS) is 11.0. The Bertz CT molecular complexity index is 810. The molecule has 1 heterocycles. The van der Waals surface area contributed by atoms with Crippen LogP contribution in [-0.2, 0) is 6.54 Å². The van der Waals surface area contributed by atoms with Gasteiger partial charge < -0.3 is 0 Å². The monoisotopic (exact) mass is 283 g/mol. The molecule has 1 aromatic heterocycles. The number of carbonyl (C=O) groups is 1. The van der Waals surface area contributed by atoms with Gasteiger partial charge in [-0.2, -0.15) is 0 Å². The minimum Gasteiger partial charge on any atom is -0.287 e. The van der Waals surface area contributed by atoms with Crippen LogP contribution < -0.4 is 0 Å². The van der Waals surface area contributed by atoms with Crippen molar-refractivity contribution in [2.24, 2.45) is 0 Å². The Morgan fingerprint density at radius 2 is 1.95 bits per heavy atom. The number of rotatable bonds is 4. The molecule has 0 radical (unpaired) electrons. The molecule has 0 bridgehead atoms. The van der Waals surface area contributed by atoms with Crippen molar-refractivity contribution in [3.8, 4) is 0 Å². The molecule has 0 aliphatic carbocycles. The number of benzene rings is 2. The first-order valence-electron chi connectivity index (χ1n) is 6.82. The van der Waals surface area contributed by atoms with Gasteiger partial charge in [0.2, 0.25) is 5.78 Å². The molecule has 0 amide bonds. The Morgan fingerprint density at radius 1 is 1.19 bits per heavy atom. The van der Waals surface area contributed by atoms with E-state index in [1.54, 1.807) is 28.9 Å². The SMILES string of the molecule is CCCn1nncc1C(=O)c1ccc(F)c2ccccc12. The zero-order chi connectivity index (χ0) is 14.8. The van der Waals surface area contributed by atoms with Gasteiger partial charge in [-0.1, -0.05) is 36.4 Å². The highest BCUT2D eigenvalue weighted by Gasteiger charge is 2.18. The van der Waals surface area contributed by atoms with Gasteiger partial charge in [0.25, 0.3) is 0 Å². The molecule has 0 saturated carbocycles. The van der Waals surface area contributed by atoms with Crippen LogP contribution in [0.2, 0.25) is 0 Å². The molecule has 0 atom stereocenters. The second-order valence-electron chi connectivity index (χ2n) is 4.81. The summed E-state index contributed by atoms with van der Waals surface area (Å²) in [7, 11) is 0. The molecule has 4 nitrogen and oxygen atoms in total. The van der Waals surface area contributed by atoms with Gasteiger partial charge in [0, 0.05) is 17.5 Å². The van der Waals surface area contributed by atoms with Gasteiger partial charge in [-0.05, 0) is 23.9 Å². The zero-order valence-corrected chi connectivity index (χ0v) is 11.6. The zero-order valence-electron chi connectivity index (χ0n) is 11.6. The molecular weight excluding hydrogens is 269 g/mol. The van der Waals surface area contributed by atoms with Gasteiger partial charge in [0.1, 0.15) is 11.5 Å². The highest BCUT2D eigenvalue weighted by molar-refractivity contribution is 6.15. The van der Waals surface area contributed by atoms with Gasteiger partial charge in [-0.25, -0.2) is 9.07 Å².